The van der Waals surface area contributed by atoms with Gasteiger partial charge >= 0.3 is 0 Å². The maximum Gasteiger partial charge on any atom is 0.244 e. The van der Waals surface area contributed by atoms with Crippen LogP contribution < -0.4 is 10.2 Å². The number of hydrogen-bond donors (Lipinski definition) is 1. The highest BCUT2D eigenvalue weighted by molar-refractivity contribution is 7.99. The van der Waals surface area contributed by atoms with E-state index in [2.05, 4.69) is 27.6 Å². The van der Waals surface area contributed by atoms with Crippen molar-refractivity contribution in [3.63, 3.8) is 0 Å². The molecular weight excluding hydrogens is 386 g/mol. The van der Waals surface area contributed by atoms with Crippen molar-refractivity contribution in [2.24, 2.45) is 0 Å². The summed E-state index contributed by atoms with van der Waals surface area (Å²) in [5, 5.41) is 12.1. The highest BCUT2D eigenvalue weighted by atomic mass is 32.2. The third-order valence-electron chi connectivity index (χ3n) is 4.71. The smallest absolute Gasteiger partial charge is 0.244 e. The van der Waals surface area contributed by atoms with Crippen LogP contribution in [0.4, 0.5) is 11.4 Å². The zero-order chi connectivity index (χ0) is 20.2. The average molecular weight is 407 g/mol. The number of carbonyl (C=O) groups is 2. The van der Waals surface area contributed by atoms with Crippen LogP contribution in [0.2, 0.25) is 0 Å². The number of carbonyl (C=O) groups excluding carboxylic acids is 2. The van der Waals surface area contributed by atoms with E-state index >= 15 is 0 Å². The first kappa shape index (κ1) is 19.2. The van der Waals surface area contributed by atoms with Crippen molar-refractivity contribution in [3.8, 4) is 0 Å². The zero-order valence-corrected chi connectivity index (χ0v) is 16.9. The van der Waals surface area contributed by atoms with Crippen molar-refractivity contribution in [2.75, 3.05) is 22.5 Å². The molecule has 0 atom stereocenters. The van der Waals surface area contributed by atoms with Gasteiger partial charge in [-0.3, -0.25) is 9.59 Å². The first-order valence-corrected chi connectivity index (χ1v) is 10.4. The molecule has 148 valence electrons. The summed E-state index contributed by atoms with van der Waals surface area (Å²) in [7, 11) is 0. The molecule has 1 aliphatic heterocycles. The van der Waals surface area contributed by atoms with E-state index in [-0.39, 0.29) is 24.1 Å². The molecule has 8 heteroatoms. The van der Waals surface area contributed by atoms with Gasteiger partial charge in [0.05, 0.1) is 17.1 Å². The summed E-state index contributed by atoms with van der Waals surface area (Å²) in [6.07, 6.45) is 0.690. The summed E-state index contributed by atoms with van der Waals surface area (Å²) in [5.41, 5.74) is 2.54. The second-order valence-corrected chi connectivity index (χ2v) is 7.58. The Balaban J connectivity index is 1.47. The van der Waals surface area contributed by atoms with Crippen LogP contribution in [0.3, 0.4) is 0 Å². The molecule has 0 saturated carbocycles. The van der Waals surface area contributed by atoms with E-state index in [1.54, 1.807) is 6.07 Å². The van der Waals surface area contributed by atoms with E-state index in [0.717, 1.165) is 23.6 Å². The summed E-state index contributed by atoms with van der Waals surface area (Å²) in [6, 6.07) is 17.4. The van der Waals surface area contributed by atoms with E-state index < -0.39 is 0 Å². The minimum absolute atomic E-state index is 0.0239. The minimum Gasteiger partial charge on any atom is -0.323 e. The van der Waals surface area contributed by atoms with E-state index in [4.69, 9.17) is 0 Å². The number of nitrogens with one attached hydrogen (secondary N) is 1. The van der Waals surface area contributed by atoms with Gasteiger partial charge in [-0.25, -0.2) is 0 Å². The summed E-state index contributed by atoms with van der Waals surface area (Å²) < 4.78 is 2.03. The van der Waals surface area contributed by atoms with E-state index in [1.807, 2.05) is 47.9 Å². The fourth-order valence-corrected chi connectivity index (χ4v) is 4.21. The van der Waals surface area contributed by atoms with Crippen LogP contribution in [0.5, 0.6) is 0 Å². The second-order valence-electron chi connectivity index (χ2n) is 6.64. The summed E-state index contributed by atoms with van der Waals surface area (Å²) in [4.78, 5) is 26.3. The number of nitrogens with zero attached hydrogens (tertiary/aromatic N) is 4. The summed E-state index contributed by atoms with van der Waals surface area (Å²) >= 11 is 1.35. The number of thioether (sulfide) groups is 1. The van der Waals surface area contributed by atoms with Gasteiger partial charge in [-0.2, -0.15) is 0 Å². The van der Waals surface area contributed by atoms with Crippen LogP contribution in [0.1, 0.15) is 18.3 Å². The number of rotatable bonds is 6. The van der Waals surface area contributed by atoms with Crippen LogP contribution in [-0.4, -0.2) is 38.9 Å². The first-order chi connectivity index (χ1) is 14.2. The molecule has 1 aliphatic rings. The lowest BCUT2D eigenvalue weighted by atomic mass is 10.1. The van der Waals surface area contributed by atoms with Crippen molar-refractivity contribution in [3.05, 3.63) is 66.0 Å². The molecule has 0 bridgehead atoms. The van der Waals surface area contributed by atoms with Gasteiger partial charge in [0.25, 0.3) is 0 Å². The molecule has 4 rings (SSSR count). The molecule has 2 aromatic carbocycles. The molecule has 0 unspecified atom stereocenters. The van der Waals surface area contributed by atoms with Gasteiger partial charge in [-0.05, 0) is 24.6 Å². The van der Waals surface area contributed by atoms with Crippen molar-refractivity contribution in [2.45, 2.75) is 25.0 Å². The van der Waals surface area contributed by atoms with Crippen LogP contribution in [0.15, 0.2) is 59.8 Å². The van der Waals surface area contributed by atoms with E-state index in [9.17, 15) is 9.59 Å². The van der Waals surface area contributed by atoms with Gasteiger partial charge in [0.2, 0.25) is 11.8 Å². The predicted molar refractivity (Wildman–Crippen MR) is 113 cm³/mol. The number of amides is 2. The van der Waals surface area contributed by atoms with Gasteiger partial charge in [-0.1, -0.05) is 54.2 Å². The molecule has 2 heterocycles. The van der Waals surface area contributed by atoms with E-state index in [1.165, 1.54) is 16.7 Å². The maximum atomic E-state index is 12.8. The lowest BCUT2D eigenvalue weighted by Crippen LogP contribution is -2.43. The molecule has 1 N–H and O–H groups in total. The zero-order valence-electron chi connectivity index (χ0n) is 16.0. The molecule has 2 amide bonds. The topological polar surface area (TPSA) is 80.1 Å². The number of aromatic nitrogens is 3. The Morgan fingerprint density at radius 2 is 1.86 bits per heavy atom. The number of para-hydroxylation sites is 2. The predicted octanol–water partition coefficient (Wildman–Crippen LogP) is 2.97. The molecule has 7 nitrogen and oxygen atoms in total. The van der Waals surface area contributed by atoms with Crippen LogP contribution in [-0.2, 0) is 22.6 Å². The molecule has 0 radical (unpaired) electrons. The highest BCUT2D eigenvalue weighted by Crippen LogP contribution is 2.30. The number of fused-ring (bicyclic) bond motifs is 1. The third-order valence-corrected chi connectivity index (χ3v) is 5.66. The Morgan fingerprint density at radius 3 is 2.66 bits per heavy atom. The fourth-order valence-electron chi connectivity index (χ4n) is 3.31. The minimum atomic E-state index is -0.191. The standard InChI is InChI=1S/C21H21N5O2S/c1-2-25-18(12-15-8-4-3-5-9-15)23-24-21(25)29-14-20(28)26-13-19(27)22-16-10-6-7-11-17(16)26/h3-11H,2,12-14H2,1H3,(H,22,27). The Morgan fingerprint density at radius 1 is 1.10 bits per heavy atom. The third kappa shape index (κ3) is 4.17. The largest absolute Gasteiger partial charge is 0.323 e. The molecule has 0 fully saturated rings. The van der Waals surface area contributed by atoms with Crippen LogP contribution in [0, 0.1) is 0 Å². The lowest BCUT2D eigenvalue weighted by molar-refractivity contribution is -0.120. The van der Waals surface area contributed by atoms with E-state index in [0.29, 0.717) is 17.3 Å². The molecule has 0 saturated heterocycles. The molecule has 29 heavy (non-hydrogen) atoms. The number of benzene rings is 2. The first-order valence-electron chi connectivity index (χ1n) is 9.43. The molecular formula is C21H21N5O2S. The van der Waals surface area contributed by atoms with Crippen LogP contribution in [0.25, 0.3) is 0 Å². The quantitative estimate of drug-likeness (QED) is 0.636. The SMILES string of the molecule is CCn1c(Cc2ccccc2)nnc1SCC(=O)N1CC(=O)Nc2ccccc21. The summed E-state index contributed by atoms with van der Waals surface area (Å²) in [5.74, 6) is 0.735. The van der Waals surface area contributed by atoms with Crippen LogP contribution >= 0.6 is 11.8 Å². The monoisotopic (exact) mass is 407 g/mol. The number of anilines is 2. The average Bonchev–Trinajstić information content (AvgIpc) is 3.13. The number of hydrogen-bond acceptors (Lipinski definition) is 5. The highest BCUT2D eigenvalue weighted by Gasteiger charge is 2.27. The maximum absolute atomic E-state index is 12.8. The normalized spacial score (nSPS) is 13.1. The Hall–Kier alpha value is -3.13. The van der Waals surface area contributed by atoms with Gasteiger partial charge < -0.3 is 14.8 Å². The fraction of sp³-hybridized carbons (Fsp3) is 0.238. The van der Waals surface area contributed by atoms with Gasteiger partial charge in [0, 0.05) is 13.0 Å². The molecule has 1 aromatic heterocycles. The molecule has 0 spiro atoms. The Kier molecular flexibility index (Phi) is 5.62. The second kappa shape index (κ2) is 8.48. The van der Waals surface area contributed by atoms with Gasteiger partial charge in [-0.15, -0.1) is 10.2 Å². The van der Waals surface area contributed by atoms with Crippen molar-refractivity contribution in [1.29, 1.82) is 0 Å². The van der Waals surface area contributed by atoms with Crippen molar-refractivity contribution < 1.29 is 9.59 Å². The molecule has 3 aromatic rings. The summed E-state index contributed by atoms with van der Waals surface area (Å²) in [6.45, 7) is 2.78. The Labute approximate surface area is 173 Å². The lowest BCUT2D eigenvalue weighted by Gasteiger charge is -2.29. The van der Waals surface area contributed by atoms with Gasteiger partial charge in [0.15, 0.2) is 5.16 Å². The Bertz CT molecular complexity index is 1030. The molecule has 0 aliphatic carbocycles. The van der Waals surface area contributed by atoms with Crippen molar-refractivity contribution in [1.82, 2.24) is 14.8 Å². The van der Waals surface area contributed by atoms with Gasteiger partial charge in [0.1, 0.15) is 12.4 Å². The van der Waals surface area contributed by atoms with Crippen molar-refractivity contribution >= 4 is 35.0 Å².